The number of nitrogens with two attached hydrogens (primary N) is 2. The molecule has 50 heavy (non-hydrogen) atoms. The number of rotatable bonds is 8. The maximum absolute atomic E-state index is 13.5. The van der Waals surface area contributed by atoms with Crippen LogP contribution in [0.1, 0.15) is 26.3 Å². The standard InChI is InChI=1S/C36H25F3N6O5/c1-18-14-19(10-12-27(18)42-44-29-16-25(34(46)47)21-6-2-4-8-23(21)32(29)40)20-11-13-28(31(15-20)50-36(37,38)39)43-45-30-17-26(35(48)49)22-7-3-5-9-24(22)33(30)41/h2-17H,40-41H2,1H3,(H,46,47)(H,48,49). The van der Waals surface area contributed by atoms with E-state index < -0.39 is 24.1 Å². The van der Waals surface area contributed by atoms with Crippen molar-refractivity contribution in [3.8, 4) is 16.9 Å². The Morgan fingerprint density at radius 3 is 1.48 bits per heavy atom. The van der Waals surface area contributed by atoms with Crippen LogP contribution in [0.3, 0.4) is 0 Å². The molecule has 6 aromatic rings. The molecule has 0 aliphatic heterocycles. The van der Waals surface area contributed by atoms with Crippen molar-refractivity contribution in [3.05, 3.63) is 114 Å². The Morgan fingerprint density at radius 2 is 1.02 bits per heavy atom. The second-order valence-corrected chi connectivity index (χ2v) is 11.0. The number of fused-ring (bicyclic) bond motifs is 2. The van der Waals surface area contributed by atoms with Gasteiger partial charge in [-0.05, 0) is 70.8 Å². The smallest absolute Gasteiger partial charge is 0.478 e. The van der Waals surface area contributed by atoms with Crippen molar-refractivity contribution in [2.75, 3.05) is 11.5 Å². The molecule has 6 rings (SSSR count). The van der Waals surface area contributed by atoms with Crippen molar-refractivity contribution in [1.82, 2.24) is 0 Å². The summed E-state index contributed by atoms with van der Waals surface area (Å²) in [5, 5.41) is 37.5. The van der Waals surface area contributed by atoms with Gasteiger partial charge in [-0.2, -0.15) is 5.11 Å². The minimum Gasteiger partial charge on any atom is -0.478 e. The molecule has 0 radical (unpaired) electrons. The Labute approximate surface area is 281 Å². The lowest BCUT2D eigenvalue weighted by molar-refractivity contribution is -0.274. The van der Waals surface area contributed by atoms with Crippen LogP contribution >= 0.6 is 0 Å². The van der Waals surface area contributed by atoms with E-state index in [-0.39, 0.29) is 39.6 Å². The van der Waals surface area contributed by atoms with Gasteiger partial charge in [0.1, 0.15) is 17.1 Å². The van der Waals surface area contributed by atoms with Crippen molar-refractivity contribution in [3.63, 3.8) is 0 Å². The van der Waals surface area contributed by atoms with Gasteiger partial charge < -0.3 is 26.4 Å². The number of anilines is 2. The lowest BCUT2D eigenvalue weighted by atomic mass is 10.0. The van der Waals surface area contributed by atoms with Crippen LogP contribution in [-0.4, -0.2) is 28.5 Å². The van der Waals surface area contributed by atoms with Gasteiger partial charge in [0.05, 0.1) is 28.2 Å². The number of alkyl halides is 3. The number of carboxylic acid groups (broad SMARTS) is 2. The van der Waals surface area contributed by atoms with Crippen LogP contribution in [0.2, 0.25) is 0 Å². The first-order chi connectivity index (χ1) is 23.8. The van der Waals surface area contributed by atoms with E-state index in [0.29, 0.717) is 43.9 Å². The number of aryl methyl sites for hydroxylation is 1. The summed E-state index contributed by atoms with van der Waals surface area (Å²) in [5.74, 6) is -3.04. The Morgan fingerprint density at radius 1 is 0.600 bits per heavy atom. The lowest BCUT2D eigenvalue weighted by Crippen LogP contribution is -2.17. The molecule has 250 valence electrons. The molecule has 14 heteroatoms. The maximum Gasteiger partial charge on any atom is 0.573 e. The number of carboxylic acids is 2. The highest BCUT2D eigenvalue weighted by Crippen LogP contribution is 2.41. The largest absolute Gasteiger partial charge is 0.573 e. The van der Waals surface area contributed by atoms with E-state index in [9.17, 15) is 33.0 Å². The summed E-state index contributed by atoms with van der Waals surface area (Å²) in [7, 11) is 0. The summed E-state index contributed by atoms with van der Waals surface area (Å²) in [6.07, 6.45) is -5.06. The number of benzene rings is 6. The monoisotopic (exact) mass is 678 g/mol. The van der Waals surface area contributed by atoms with Crippen molar-refractivity contribution in [1.29, 1.82) is 0 Å². The van der Waals surface area contributed by atoms with Gasteiger partial charge in [-0.15, -0.1) is 28.5 Å². The molecular formula is C36H25F3N6O5. The Kier molecular flexibility index (Phi) is 8.60. The van der Waals surface area contributed by atoms with Crippen LogP contribution in [0.25, 0.3) is 32.7 Å². The number of azo groups is 2. The molecule has 0 heterocycles. The van der Waals surface area contributed by atoms with Gasteiger partial charge in [-0.3, -0.25) is 0 Å². The van der Waals surface area contributed by atoms with Gasteiger partial charge >= 0.3 is 18.3 Å². The van der Waals surface area contributed by atoms with E-state index >= 15 is 0 Å². The van der Waals surface area contributed by atoms with Crippen LogP contribution in [0.4, 0.5) is 47.3 Å². The predicted octanol–water partition coefficient (Wildman–Crippen LogP) is 10.3. The molecule has 0 spiro atoms. The van der Waals surface area contributed by atoms with Crippen LogP contribution in [0, 0.1) is 6.92 Å². The first-order valence-corrected chi connectivity index (χ1v) is 14.7. The van der Waals surface area contributed by atoms with Gasteiger partial charge in [-0.1, -0.05) is 60.7 Å². The summed E-state index contributed by atoms with van der Waals surface area (Å²) in [6, 6.07) is 24.6. The van der Waals surface area contributed by atoms with Crippen molar-refractivity contribution in [2.45, 2.75) is 13.3 Å². The van der Waals surface area contributed by atoms with E-state index in [1.807, 2.05) is 0 Å². The SMILES string of the molecule is Cc1cc(-c2ccc(N=Nc3cc(C(=O)O)c4ccccc4c3N)c(OC(F)(F)F)c2)ccc1N=Nc1cc(C(=O)O)c2ccccc2c1N. The predicted molar refractivity (Wildman–Crippen MR) is 182 cm³/mol. The molecule has 0 aliphatic rings. The number of hydrogen-bond acceptors (Lipinski definition) is 9. The van der Waals surface area contributed by atoms with Gasteiger partial charge in [-0.25, -0.2) is 9.59 Å². The minimum atomic E-state index is -5.06. The third-order valence-corrected chi connectivity index (χ3v) is 7.84. The van der Waals surface area contributed by atoms with Crippen LogP contribution < -0.4 is 16.2 Å². The fourth-order valence-corrected chi connectivity index (χ4v) is 5.43. The molecule has 0 unspecified atom stereocenters. The van der Waals surface area contributed by atoms with E-state index in [1.54, 1.807) is 73.7 Å². The van der Waals surface area contributed by atoms with Crippen LogP contribution in [0.5, 0.6) is 5.75 Å². The Balaban J connectivity index is 1.33. The molecule has 0 aliphatic carbocycles. The third kappa shape index (κ3) is 6.62. The zero-order chi connectivity index (χ0) is 35.7. The summed E-state index contributed by atoms with van der Waals surface area (Å²) in [4.78, 5) is 23.8. The van der Waals surface area contributed by atoms with E-state index in [4.69, 9.17) is 11.5 Å². The molecule has 6 aromatic carbocycles. The third-order valence-electron chi connectivity index (χ3n) is 7.84. The van der Waals surface area contributed by atoms with Crippen molar-refractivity contribution in [2.24, 2.45) is 20.5 Å². The van der Waals surface area contributed by atoms with E-state index in [2.05, 4.69) is 25.2 Å². The van der Waals surface area contributed by atoms with Gasteiger partial charge in [0, 0.05) is 10.8 Å². The number of halogens is 3. The highest BCUT2D eigenvalue weighted by molar-refractivity contribution is 6.11. The van der Waals surface area contributed by atoms with Crippen molar-refractivity contribution >= 4 is 67.6 Å². The normalized spacial score (nSPS) is 11.9. The summed E-state index contributed by atoms with van der Waals surface area (Å²) < 4.78 is 44.7. The average molecular weight is 679 g/mol. The zero-order valence-electron chi connectivity index (χ0n) is 25.9. The number of nitrogen functional groups attached to an aromatic ring is 2. The first kappa shape index (κ1) is 33.1. The maximum atomic E-state index is 13.5. The Hall–Kier alpha value is -6.83. The molecule has 0 aromatic heterocycles. The molecule has 6 N–H and O–H groups in total. The average Bonchev–Trinajstić information content (AvgIpc) is 3.07. The molecule has 0 bridgehead atoms. The molecule has 0 atom stereocenters. The Bertz CT molecular complexity index is 2410. The topological polar surface area (TPSA) is 185 Å². The van der Waals surface area contributed by atoms with E-state index in [1.165, 1.54) is 24.3 Å². The highest BCUT2D eigenvalue weighted by atomic mass is 19.4. The number of nitrogens with zero attached hydrogens (tertiary/aromatic N) is 4. The lowest BCUT2D eigenvalue weighted by Gasteiger charge is -2.13. The zero-order valence-corrected chi connectivity index (χ0v) is 25.9. The number of ether oxygens (including phenoxy) is 1. The highest BCUT2D eigenvalue weighted by Gasteiger charge is 2.32. The quantitative estimate of drug-likeness (QED) is 0.0910. The number of carbonyl (C=O) groups is 2. The van der Waals surface area contributed by atoms with Crippen LogP contribution in [0.15, 0.2) is 118 Å². The number of aromatic carboxylic acids is 2. The molecule has 11 nitrogen and oxygen atoms in total. The summed E-state index contributed by atoms with van der Waals surface area (Å²) in [6.45, 7) is 1.72. The molecule has 0 saturated heterocycles. The second-order valence-electron chi connectivity index (χ2n) is 11.0. The molecular weight excluding hydrogens is 653 g/mol. The fraction of sp³-hybridized carbons (Fsp3) is 0.0556. The molecule has 0 amide bonds. The second kappa shape index (κ2) is 13.0. The molecule has 0 fully saturated rings. The van der Waals surface area contributed by atoms with Gasteiger partial charge in [0.25, 0.3) is 0 Å². The van der Waals surface area contributed by atoms with Gasteiger partial charge in [0.2, 0.25) is 0 Å². The van der Waals surface area contributed by atoms with E-state index in [0.717, 1.165) is 6.07 Å². The number of hydrogen-bond donors (Lipinski definition) is 4. The first-order valence-electron chi connectivity index (χ1n) is 14.7. The van der Waals surface area contributed by atoms with Crippen LogP contribution in [-0.2, 0) is 0 Å². The molecule has 0 saturated carbocycles. The summed E-state index contributed by atoms with van der Waals surface area (Å²) >= 11 is 0. The van der Waals surface area contributed by atoms with Gasteiger partial charge in [0.15, 0.2) is 5.75 Å². The van der Waals surface area contributed by atoms with Crippen molar-refractivity contribution < 1.29 is 37.7 Å². The fourth-order valence-electron chi connectivity index (χ4n) is 5.43. The summed E-state index contributed by atoms with van der Waals surface area (Å²) in [5.41, 5.74) is 14.5. The minimum absolute atomic E-state index is 0.0152.